The van der Waals surface area contributed by atoms with Gasteiger partial charge in [0.2, 0.25) is 5.95 Å². The minimum absolute atomic E-state index is 0.605. The van der Waals surface area contributed by atoms with Crippen molar-refractivity contribution in [2.24, 2.45) is 0 Å². The molecular formula is C14H15N3O2. The molecule has 98 valence electrons. The van der Waals surface area contributed by atoms with Crippen LogP contribution in [0, 0.1) is 0 Å². The number of aromatic nitrogens is 2. The third-order valence-corrected chi connectivity index (χ3v) is 2.92. The number of hydrogen-bond acceptors (Lipinski definition) is 5. The highest BCUT2D eigenvalue weighted by Gasteiger charge is 2.12. The van der Waals surface area contributed by atoms with E-state index in [2.05, 4.69) is 9.97 Å². The van der Waals surface area contributed by atoms with Gasteiger partial charge in [-0.05, 0) is 23.8 Å². The highest BCUT2D eigenvalue weighted by atomic mass is 16.6. The molecule has 0 radical (unpaired) electrons. The molecule has 0 unspecified atom stereocenters. The summed E-state index contributed by atoms with van der Waals surface area (Å²) < 4.78 is 11.1. The molecule has 3 rings (SSSR count). The van der Waals surface area contributed by atoms with Crippen LogP contribution >= 0.6 is 0 Å². The summed E-state index contributed by atoms with van der Waals surface area (Å²) >= 11 is 0. The summed E-state index contributed by atoms with van der Waals surface area (Å²) in [5.41, 5.74) is 1.14. The van der Waals surface area contributed by atoms with Gasteiger partial charge in [-0.3, -0.25) is 0 Å². The zero-order chi connectivity index (χ0) is 13.1. The van der Waals surface area contributed by atoms with Crippen molar-refractivity contribution in [3.05, 3.63) is 42.2 Å². The molecule has 0 saturated carbocycles. The highest BCUT2D eigenvalue weighted by molar-refractivity contribution is 5.45. The Balaban J connectivity index is 1.76. The summed E-state index contributed by atoms with van der Waals surface area (Å²) in [4.78, 5) is 10.4. The molecular weight excluding hydrogens is 242 g/mol. The fourth-order valence-corrected chi connectivity index (χ4v) is 2.02. The van der Waals surface area contributed by atoms with Crippen LogP contribution in [-0.4, -0.2) is 30.2 Å². The third kappa shape index (κ3) is 2.59. The van der Waals surface area contributed by atoms with E-state index in [1.165, 1.54) is 0 Å². The van der Waals surface area contributed by atoms with Crippen LogP contribution in [0.25, 0.3) is 0 Å². The Morgan fingerprint density at radius 2 is 1.84 bits per heavy atom. The fourth-order valence-electron chi connectivity index (χ4n) is 2.02. The molecule has 2 heterocycles. The maximum absolute atomic E-state index is 5.58. The molecule has 0 bridgehead atoms. The summed E-state index contributed by atoms with van der Waals surface area (Å²) in [6.07, 6.45) is 3.48. The van der Waals surface area contributed by atoms with E-state index in [4.69, 9.17) is 9.47 Å². The number of benzene rings is 1. The first-order valence-corrected chi connectivity index (χ1v) is 6.19. The van der Waals surface area contributed by atoms with Crippen molar-refractivity contribution in [1.82, 2.24) is 9.97 Å². The molecule has 5 heteroatoms. The first kappa shape index (κ1) is 11.8. The van der Waals surface area contributed by atoms with Crippen LogP contribution in [0.15, 0.2) is 36.7 Å². The number of hydrogen-bond donors (Lipinski definition) is 0. The van der Waals surface area contributed by atoms with Crippen molar-refractivity contribution in [2.75, 3.05) is 25.2 Å². The minimum Gasteiger partial charge on any atom is -0.486 e. The SMILES string of the molecule is CN(Cc1ccc2c(c1)OCCO2)c1ncccn1. The number of ether oxygens (including phenoxy) is 2. The lowest BCUT2D eigenvalue weighted by Gasteiger charge is -2.21. The molecule has 1 aliphatic heterocycles. The van der Waals surface area contributed by atoms with Gasteiger partial charge in [-0.2, -0.15) is 0 Å². The lowest BCUT2D eigenvalue weighted by Crippen LogP contribution is -2.19. The van der Waals surface area contributed by atoms with E-state index in [-0.39, 0.29) is 0 Å². The first-order valence-electron chi connectivity index (χ1n) is 6.19. The predicted octanol–water partition coefficient (Wildman–Crippen LogP) is 1.88. The van der Waals surface area contributed by atoms with Gasteiger partial charge in [0, 0.05) is 26.0 Å². The Morgan fingerprint density at radius 1 is 1.11 bits per heavy atom. The quantitative estimate of drug-likeness (QED) is 0.840. The zero-order valence-electron chi connectivity index (χ0n) is 10.7. The molecule has 1 aromatic carbocycles. The smallest absolute Gasteiger partial charge is 0.225 e. The van der Waals surface area contributed by atoms with E-state index in [0.717, 1.165) is 23.6 Å². The van der Waals surface area contributed by atoms with Crippen molar-refractivity contribution in [3.8, 4) is 11.5 Å². The normalized spacial score (nSPS) is 13.1. The van der Waals surface area contributed by atoms with Crippen molar-refractivity contribution in [2.45, 2.75) is 6.54 Å². The van der Waals surface area contributed by atoms with Gasteiger partial charge in [0.15, 0.2) is 11.5 Å². The van der Waals surface area contributed by atoms with E-state index in [1.807, 2.05) is 30.1 Å². The van der Waals surface area contributed by atoms with Gasteiger partial charge in [0.05, 0.1) is 0 Å². The standard InChI is InChI=1S/C14H15N3O2/c1-17(14-15-5-2-6-16-14)10-11-3-4-12-13(9-11)19-8-7-18-12/h2-6,9H,7-8,10H2,1H3. The summed E-state index contributed by atoms with van der Waals surface area (Å²) in [7, 11) is 1.96. The number of nitrogens with zero attached hydrogens (tertiary/aromatic N) is 3. The third-order valence-electron chi connectivity index (χ3n) is 2.92. The van der Waals surface area contributed by atoms with Gasteiger partial charge >= 0.3 is 0 Å². The number of rotatable bonds is 3. The van der Waals surface area contributed by atoms with Gasteiger partial charge < -0.3 is 14.4 Å². The van der Waals surface area contributed by atoms with Gasteiger partial charge in [0.1, 0.15) is 13.2 Å². The van der Waals surface area contributed by atoms with Gasteiger partial charge in [-0.1, -0.05) is 6.07 Å². The molecule has 19 heavy (non-hydrogen) atoms. The van der Waals surface area contributed by atoms with Crippen LogP contribution < -0.4 is 14.4 Å². The van der Waals surface area contributed by atoms with Crippen LogP contribution in [0.3, 0.4) is 0 Å². The Bertz CT molecular complexity index is 560. The van der Waals surface area contributed by atoms with E-state index >= 15 is 0 Å². The van der Waals surface area contributed by atoms with E-state index < -0.39 is 0 Å². The second-order valence-corrected chi connectivity index (χ2v) is 4.38. The van der Waals surface area contributed by atoms with Crippen LogP contribution in [0.4, 0.5) is 5.95 Å². The number of anilines is 1. The number of fused-ring (bicyclic) bond motifs is 1. The lowest BCUT2D eigenvalue weighted by molar-refractivity contribution is 0.171. The molecule has 2 aromatic rings. The molecule has 0 atom stereocenters. The average molecular weight is 257 g/mol. The first-order chi connectivity index (χ1) is 9.33. The van der Waals surface area contributed by atoms with E-state index in [9.17, 15) is 0 Å². The molecule has 0 spiro atoms. The summed E-state index contributed by atoms with van der Waals surface area (Å²) in [5, 5.41) is 0. The second kappa shape index (κ2) is 5.14. The van der Waals surface area contributed by atoms with Crippen LogP contribution in [-0.2, 0) is 6.54 Å². The highest BCUT2D eigenvalue weighted by Crippen LogP contribution is 2.31. The summed E-state index contributed by atoms with van der Waals surface area (Å²) in [6.45, 7) is 1.94. The molecule has 1 aromatic heterocycles. The molecule has 0 saturated heterocycles. The minimum atomic E-state index is 0.605. The lowest BCUT2D eigenvalue weighted by atomic mass is 10.2. The van der Waals surface area contributed by atoms with Crippen LogP contribution in [0.5, 0.6) is 11.5 Å². The van der Waals surface area contributed by atoms with Crippen LogP contribution in [0.1, 0.15) is 5.56 Å². The Labute approximate surface area is 111 Å². The molecule has 0 fully saturated rings. The largest absolute Gasteiger partial charge is 0.486 e. The topological polar surface area (TPSA) is 47.5 Å². The Morgan fingerprint density at radius 3 is 2.63 bits per heavy atom. The van der Waals surface area contributed by atoms with Crippen LogP contribution in [0.2, 0.25) is 0 Å². The molecule has 0 amide bonds. The van der Waals surface area contributed by atoms with E-state index in [0.29, 0.717) is 19.2 Å². The van der Waals surface area contributed by atoms with E-state index in [1.54, 1.807) is 18.5 Å². The summed E-state index contributed by atoms with van der Waals surface area (Å²) in [5.74, 6) is 2.33. The predicted molar refractivity (Wildman–Crippen MR) is 71.6 cm³/mol. The maximum Gasteiger partial charge on any atom is 0.225 e. The molecule has 1 aliphatic rings. The molecule has 0 aliphatic carbocycles. The average Bonchev–Trinajstić information content (AvgIpc) is 2.48. The fraction of sp³-hybridized carbons (Fsp3) is 0.286. The van der Waals surface area contributed by atoms with Crippen molar-refractivity contribution < 1.29 is 9.47 Å². The van der Waals surface area contributed by atoms with Gasteiger partial charge in [-0.15, -0.1) is 0 Å². The van der Waals surface area contributed by atoms with Crippen molar-refractivity contribution in [3.63, 3.8) is 0 Å². The molecule has 0 N–H and O–H groups in total. The monoisotopic (exact) mass is 257 g/mol. The van der Waals surface area contributed by atoms with Gasteiger partial charge in [0.25, 0.3) is 0 Å². The second-order valence-electron chi connectivity index (χ2n) is 4.38. The zero-order valence-corrected chi connectivity index (χ0v) is 10.7. The molecule has 5 nitrogen and oxygen atoms in total. The Hall–Kier alpha value is -2.30. The Kier molecular flexibility index (Phi) is 3.18. The van der Waals surface area contributed by atoms with Crippen molar-refractivity contribution in [1.29, 1.82) is 0 Å². The summed E-state index contributed by atoms with van der Waals surface area (Å²) in [6, 6.07) is 7.80. The van der Waals surface area contributed by atoms with Gasteiger partial charge in [-0.25, -0.2) is 9.97 Å². The van der Waals surface area contributed by atoms with Crippen molar-refractivity contribution >= 4 is 5.95 Å². The maximum atomic E-state index is 5.58.